The number of ketones is 1. The molecule has 0 unspecified atom stereocenters. The van der Waals surface area contributed by atoms with Crippen LogP contribution in [0.2, 0.25) is 0 Å². The Morgan fingerprint density at radius 1 is 1.06 bits per heavy atom. The first-order valence-electron chi connectivity index (χ1n) is 10.9. The molecule has 1 fully saturated rings. The number of carbonyl (C=O) groups is 4. The molecule has 0 amide bonds. The topological polar surface area (TPSA) is 116 Å². The lowest BCUT2D eigenvalue weighted by Crippen LogP contribution is -2.23. The average molecular weight is 437 g/mol. The molecule has 0 aromatic rings. The van der Waals surface area contributed by atoms with Crippen LogP contribution in [0, 0.1) is 0 Å². The number of esters is 2. The number of carboxylic acid groups (broad SMARTS) is 1. The first-order chi connectivity index (χ1) is 14.7. The lowest BCUT2D eigenvalue weighted by Gasteiger charge is -2.23. The van der Waals surface area contributed by atoms with Gasteiger partial charge in [0.05, 0.1) is 13.0 Å². The fraction of sp³-hybridized carbons (Fsp3) is 0.652. The zero-order chi connectivity index (χ0) is 22.9. The predicted molar refractivity (Wildman–Crippen MR) is 111 cm³/mol. The number of allylic oxidation sites excluding steroid dienone is 1. The third-order valence-electron chi connectivity index (χ3n) is 5.40. The van der Waals surface area contributed by atoms with Gasteiger partial charge in [-0.3, -0.25) is 14.4 Å². The third-order valence-corrected chi connectivity index (χ3v) is 5.40. The molecule has 8 heteroatoms. The monoisotopic (exact) mass is 436 g/mol. The van der Waals surface area contributed by atoms with Crippen molar-refractivity contribution in [2.75, 3.05) is 6.61 Å². The number of cyclic esters (lactones) is 1. The van der Waals surface area contributed by atoms with Gasteiger partial charge in [-0.25, -0.2) is 4.79 Å². The van der Waals surface area contributed by atoms with Crippen LogP contribution in [0.25, 0.3) is 0 Å². The Labute approximate surface area is 182 Å². The minimum absolute atomic E-state index is 0.166. The number of ether oxygens (including phenoxy) is 3. The number of Topliss-reactive ketones (excluding diaryl/α,β-unsaturated/α-hetero) is 1. The van der Waals surface area contributed by atoms with Crippen LogP contribution >= 0.6 is 0 Å². The molecule has 8 nitrogen and oxygen atoms in total. The minimum atomic E-state index is -1.28. The van der Waals surface area contributed by atoms with Crippen molar-refractivity contribution in [2.24, 2.45) is 0 Å². The summed E-state index contributed by atoms with van der Waals surface area (Å²) in [5.41, 5.74) is -0.787. The highest BCUT2D eigenvalue weighted by molar-refractivity contribution is 6.24. The molecule has 2 heterocycles. The van der Waals surface area contributed by atoms with Gasteiger partial charge < -0.3 is 19.3 Å². The highest BCUT2D eigenvalue weighted by Gasteiger charge is 2.44. The van der Waals surface area contributed by atoms with E-state index in [2.05, 4.69) is 0 Å². The first kappa shape index (κ1) is 24.6. The van der Waals surface area contributed by atoms with E-state index in [1.807, 2.05) is 13.0 Å². The van der Waals surface area contributed by atoms with Crippen LogP contribution in [0.4, 0.5) is 0 Å². The number of rotatable bonds is 13. The van der Waals surface area contributed by atoms with Gasteiger partial charge >= 0.3 is 17.9 Å². The van der Waals surface area contributed by atoms with Gasteiger partial charge in [0.2, 0.25) is 5.78 Å². The quantitative estimate of drug-likeness (QED) is 0.201. The summed E-state index contributed by atoms with van der Waals surface area (Å²) in [4.78, 5) is 45.8. The Hall–Kier alpha value is -2.64. The Morgan fingerprint density at radius 3 is 2.29 bits per heavy atom. The summed E-state index contributed by atoms with van der Waals surface area (Å²) in [6.45, 7) is 3.83. The molecular weight excluding hydrogens is 404 g/mol. The lowest BCUT2D eigenvalue weighted by atomic mass is 9.98. The summed E-state index contributed by atoms with van der Waals surface area (Å²) >= 11 is 0. The van der Waals surface area contributed by atoms with Crippen molar-refractivity contribution in [3.05, 3.63) is 23.5 Å². The van der Waals surface area contributed by atoms with E-state index in [4.69, 9.17) is 19.3 Å². The molecular formula is C23H32O8. The van der Waals surface area contributed by atoms with Gasteiger partial charge in [-0.1, -0.05) is 38.5 Å². The maximum absolute atomic E-state index is 12.3. The molecule has 0 aromatic heterocycles. The van der Waals surface area contributed by atoms with Crippen LogP contribution < -0.4 is 0 Å². The number of unbranched alkanes of at least 4 members (excludes halogenated alkanes) is 7. The van der Waals surface area contributed by atoms with Crippen LogP contribution in [0.1, 0.15) is 78.1 Å². The fourth-order valence-corrected chi connectivity index (χ4v) is 3.71. The molecule has 172 valence electrons. The van der Waals surface area contributed by atoms with Crippen molar-refractivity contribution >= 4 is 23.7 Å². The van der Waals surface area contributed by atoms with E-state index in [1.54, 1.807) is 6.08 Å². The van der Waals surface area contributed by atoms with Crippen molar-refractivity contribution in [3.63, 3.8) is 0 Å². The van der Waals surface area contributed by atoms with Gasteiger partial charge in [0.25, 0.3) is 0 Å². The smallest absolute Gasteiger partial charge is 0.346 e. The van der Waals surface area contributed by atoms with E-state index in [9.17, 15) is 19.2 Å². The highest BCUT2D eigenvalue weighted by Crippen LogP contribution is 2.35. The fourth-order valence-electron chi connectivity index (χ4n) is 3.71. The summed E-state index contributed by atoms with van der Waals surface area (Å²) in [5.74, 6) is -2.72. The number of carboxylic acids is 1. The molecule has 0 spiro atoms. The zero-order valence-corrected chi connectivity index (χ0v) is 18.3. The first-order valence-corrected chi connectivity index (χ1v) is 10.9. The molecule has 0 aromatic carbocycles. The van der Waals surface area contributed by atoms with Gasteiger partial charge in [0.15, 0.2) is 6.10 Å². The van der Waals surface area contributed by atoms with Gasteiger partial charge in [-0.05, 0) is 38.3 Å². The van der Waals surface area contributed by atoms with Gasteiger partial charge in [-0.15, -0.1) is 0 Å². The van der Waals surface area contributed by atoms with Crippen LogP contribution in [0.15, 0.2) is 23.5 Å². The molecule has 2 aliphatic rings. The predicted octanol–water partition coefficient (Wildman–Crippen LogP) is 3.63. The van der Waals surface area contributed by atoms with Gasteiger partial charge in [-0.2, -0.15) is 0 Å². The summed E-state index contributed by atoms with van der Waals surface area (Å²) in [7, 11) is 0. The maximum atomic E-state index is 12.3. The number of carbonyl (C=O) groups excluding carboxylic acids is 3. The summed E-state index contributed by atoms with van der Waals surface area (Å²) < 4.78 is 15.7. The summed E-state index contributed by atoms with van der Waals surface area (Å²) in [6.07, 6.45) is 10.9. The van der Waals surface area contributed by atoms with Crippen molar-refractivity contribution in [1.82, 2.24) is 0 Å². The van der Waals surface area contributed by atoms with E-state index in [-0.39, 0.29) is 17.3 Å². The second kappa shape index (κ2) is 11.7. The SMILES string of the molecule is CC(=O)OCCCCCCCCCC[C@]1(C)C=C/C(=C2/C(=O)O[C@@H](CC(=O)O)C2=O)O1. The van der Waals surface area contributed by atoms with E-state index < -0.39 is 35.8 Å². The lowest BCUT2D eigenvalue weighted by molar-refractivity contribution is -0.147. The molecule has 31 heavy (non-hydrogen) atoms. The zero-order valence-electron chi connectivity index (χ0n) is 18.3. The van der Waals surface area contributed by atoms with Gasteiger partial charge in [0, 0.05) is 6.92 Å². The molecule has 0 radical (unpaired) electrons. The highest BCUT2D eigenvalue weighted by atomic mass is 16.6. The third kappa shape index (κ3) is 7.84. The average Bonchev–Trinajstić information content (AvgIpc) is 3.18. The Morgan fingerprint density at radius 2 is 1.68 bits per heavy atom. The van der Waals surface area contributed by atoms with Crippen LogP contribution in [0.3, 0.4) is 0 Å². The molecule has 0 aliphatic carbocycles. The molecule has 2 atom stereocenters. The van der Waals surface area contributed by atoms with Gasteiger partial charge in [0.1, 0.15) is 16.9 Å². The van der Waals surface area contributed by atoms with Crippen molar-refractivity contribution < 1.29 is 38.5 Å². The van der Waals surface area contributed by atoms with Crippen LogP contribution in [-0.4, -0.2) is 47.1 Å². The largest absolute Gasteiger partial charge is 0.482 e. The maximum Gasteiger partial charge on any atom is 0.346 e. The van der Waals surface area contributed by atoms with Crippen molar-refractivity contribution in [1.29, 1.82) is 0 Å². The van der Waals surface area contributed by atoms with Crippen molar-refractivity contribution in [2.45, 2.75) is 89.8 Å². The number of aliphatic carboxylic acids is 1. The van der Waals surface area contributed by atoms with E-state index >= 15 is 0 Å². The summed E-state index contributed by atoms with van der Waals surface area (Å²) in [6, 6.07) is 0. The molecule has 2 rings (SSSR count). The Balaban J connectivity index is 1.65. The molecule has 0 bridgehead atoms. The number of hydrogen-bond donors (Lipinski definition) is 1. The van der Waals surface area contributed by atoms with E-state index in [0.717, 1.165) is 57.8 Å². The molecule has 1 saturated heterocycles. The molecule has 2 aliphatic heterocycles. The molecule has 0 saturated carbocycles. The standard InChI is InChI=1S/C23H32O8/c1-16(24)29-14-10-8-6-4-3-5-7-9-12-23(2)13-11-17(31-23)20-21(27)18(15-19(25)26)30-22(20)28/h11,13,18H,3-10,12,14-15H2,1-2H3,(H,25,26)/b20-17-/t18-,23+/m0/s1. The van der Waals surface area contributed by atoms with Crippen LogP contribution in [0.5, 0.6) is 0 Å². The second-order valence-electron chi connectivity index (χ2n) is 8.26. The van der Waals surface area contributed by atoms with E-state index in [0.29, 0.717) is 6.61 Å². The Bertz CT molecular complexity index is 751. The minimum Gasteiger partial charge on any atom is -0.482 e. The van der Waals surface area contributed by atoms with Crippen molar-refractivity contribution in [3.8, 4) is 0 Å². The Kier molecular flexibility index (Phi) is 9.27. The van der Waals surface area contributed by atoms with E-state index in [1.165, 1.54) is 6.92 Å². The summed E-state index contributed by atoms with van der Waals surface area (Å²) in [5, 5.41) is 8.83. The normalized spacial score (nSPS) is 24.9. The second-order valence-corrected chi connectivity index (χ2v) is 8.26. The number of hydrogen-bond acceptors (Lipinski definition) is 7. The molecule has 1 N–H and O–H groups in total. The van der Waals surface area contributed by atoms with Crippen LogP contribution in [-0.2, 0) is 33.4 Å².